The molecule has 1 unspecified atom stereocenters. The van der Waals surface area contributed by atoms with Crippen molar-refractivity contribution in [3.05, 3.63) is 34.5 Å². The molecule has 2 aliphatic rings. The first-order chi connectivity index (χ1) is 13.2. The number of H-pyrrole nitrogens is 1. The summed E-state index contributed by atoms with van der Waals surface area (Å²) < 4.78 is 0. The van der Waals surface area contributed by atoms with Crippen molar-refractivity contribution in [1.29, 1.82) is 0 Å². The summed E-state index contributed by atoms with van der Waals surface area (Å²) >= 11 is 6.19. The standard InChI is InChI=1S/C22H28ClN3O2/c1-22(2,3)21(28)26-9-4-5-14(12-26)20(27)25-10-8-19-17(13-25)16-11-15(23)6-7-18(16)24-19/h6-7,11,14,24H,4-5,8-10,12-13H2,1-3H3. The molecule has 0 spiro atoms. The van der Waals surface area contributed by atoms with Gasteiger partial charge in [-0.1, -0.05) is 32.4 Å². The lowest BCUT2D eigenvalue weighted by Gasteiger charge is -2.38. The van der Waals surface area contributed by atoms with Crippen LogP contribution in [0.2, 0.25) is 5.02 Å². The van der Waals surface area contributed by atoms with E-state index in [2.05, 4.69) is 4.98 Å². The number of carbonyl (C=O) groups excluding carboxylic acids is 2. The lowest BCUT2D eigenvalue weighted by atomic mass is 9.90. The second-order valence-corrected chi connectivity index (χ2v) is 9.56. The topological polar surface area (TPSA) is 56.4 Å². The van der Waals surface area contributed by atoms with E-state index >= 15 is 0 Å². The van der Waals surface area contributed by atoms with Gasteiger partial charge in [-0.25, -0.2) is 0 Å². The van der Waals surface area contributed by atoms with Gasteiger partial charge in [-0.3, -0.25) is 9.59 Å². The number of aromatic amines is 1. The number of nitrogens with zero attached hydrogens (tertiary/aromatic N) is 2. The van der Waals surface area contributed by atoms with E-state index < -0.39 is 5.41 Å². The number of piperidine rings is 1. The minimum Gasteiger partial charge on any atom is -0.358 e. The molecule has 0 saturated carbocycles. The highest BCUT2D eigenvalue weighted by Crippen LogP contribution is 2.31. The van der Waals surface area contributed by atoms with E-state index in [0.29, 0.717) is 18.1 Å². The predicted molar refractivity (Wildman–Crippen MR) is 111 cm³/mol. The van der Waals surface area contributed by atoms with Crippen LogP contribution >= 0.6 is 11.6 Å². The van der Waals surface area contributed by atoms with Gasteiger partial charge in [-0.05, 0) is 31.0 Å². The van der Waals surface area contributed by atoms with Gasteiger partial charge in [-0.2, -0.15) is 0 Å². The van der Waals surface area contributed by atoms with E-state index in [1.54, 1.807) is 0 Å². The molecule has 5 nitrogen and oxygen atoms in total. The van der Waals surface area contributed by atoms with E-state index in [1.165, 1.54) is 11.3 Å². The van der Waals surface area contributed by atoms with Gasteiger partial charge in [0.2, 0.25) is 11.8 Å². The summed E-state index contributed by atoms with van der Waals surface area (Å²) in [7, 11) is 0. The largest absolute Gasteiger partial charge is 0.358 e. The molecule has 2 aromatic rings. The first-order valence-electron chi connectivity index (χ1n) is 10.1. The van der Waals surface area contributed by atoms with Crippen LogP contribution in [0.1, 0.15) is 44.9 Å². The number of hydrogen-bond donors (Lipinski definition) is 1. The molecule has 2 aliphatic heterocycles. The van der Waals surface area contributed by atoms with Gasteiger partial charge in [0.05, 0.1) is 5.92 Å². The van der Waals surface area contributed by atoms with Crippen molar-refractivity contribution in [2.75, 3.05) is 19.6 Å². The minimum atomic E-state index is -0.408. The molecule has 0 bridgehead atoms. The zero-order chi connectivity index (χ0) is 20.1. The number of likely N-dealkylation sites (tertiary alicyclic amines) is 1. The highest BCUT2D eigenvalue weighted by atomic mass is 35.5. The van der Waals surface area contributed by atoms with Crippen LogP contribution in [0, 0.1) is 11.3 Å². The van der Waals surface area contributed by atoms with Crippen molar-refractivity contribution < 1.29 is 9.59 Å². The van der Waals surface area contributed by atoms with Crippen LogP contribution in [-0.4, -0.2) is 46.2 Å². The summed E-state index contributed by atoms with van der Waals surface area (Å²) in [6, 6.07) is 5.86. The summed E-state index contributed by atoms with van der Waals surface area (Å²) in [4.78, 5) is 33.2. The lowest BCUT2D eigenvalue weighted by molar-refractivity contribution is -0.145. The third-order valence-corrected chi connectivity index (χ3v) is 6.18. The number of nitrogens with one attached hydrogen (secondary N) is 1. The van der Waals surface area contributed by atoms with Crippen LogP contribution < -0.4 is 0 Å². The Bertz CT molecular complexity index is 928. The highest BCUT2D eigenvalue weighted by Gasteiger charge is 2.36. The fourth-order valence-electron chi connectivity index (χ4n) is 4.47. The van der Waals surface area contributed by atoms with Gasteiger partial charge in [0.25, 0.3) is 0 Å². The molecular weight excluding hydrogens is 374 g/mol. The Balaban J connectivity index is 1.51. The molecule has 1 fully saturated rings. The van der Waals surface area contributed by atoms with E-state index in [0.717, 1.165) is 43.3 Å². The third kappa shape index (κ3) is 3.52. The number of carbonyl (C=O) groups is 2. The van der Waals surface area contributed by atoms with Gasteiger partial charge in [-0.15, -0.1) is 0 Å². The molecule has 0 radical (unpaired) electrons. The zero-order valence-corrected chi connectivity index (χ0v) is 17.6. The maximum Gasteiger partial charge on any atom is 0.227 e. The zero-order valence-electron chi connectivity index (χ0n) is 16.8. The van der Waals surface area contributed by atoms with Crippen LogP contribution in [0.15, 0.2) is 18.2 Å². The minimum absolute atomic E-state index is 0.101. The average molecular weight is 402 g/mol. The Morgan fingerprint density at radius 1 is 1.18 bits per heavy atom. The lowest BCUT2D eigenvalue weighted by Crippen LogP contribution is -2.50. The van der Waals surface area contributed by atoms with Gasteiger partial charge in [0, 0.05) is 65.2 Å². The van der Waals surface area contributed by atoms with E-state index in [4.69, 9.17) is 11.6 Å². The summed E-state index contributed by atoms with van der Waals surface area (Å²) in [5, 5.41) is 1.81. The van der Waals surface area contributed by atoms with E-state index in [9.17, 15) is 9.59 Å². The fraction of sp³-hybridized carbons (Fsp3) is 0.545. The molecule has 1 N–H and O–H groups in total. The molecule has 1 aromatic heterocycles. The van der Waals surface area contributed by atoms with Crippen molar-refractivity contribution in [3.8, 4) is 0 Å². The van der Waals surface area contributed by atoms with Crippen molar-refractivity contribution in [2.24, 2.45) is 11.3 Å². The normalized spacial score (nSPS) is 20.4. The van der Waals surface area contributed by atoms with Gasteiger partial charge in [0.1, 0.15) is 0 Å². The van der Waals surface area contributed by atoms with Crippen LogP contribution in [0.4, 0.5) is 0 Å². The van der Waals surface area contributed by atoms with Gasteiger partial charge < -0.3 is 14.8 Å². The number of rotatable bonds is 1. The Kier molecular flexibility index (Phi) is 4.90. The molecule has 4 rings (SSSR count). The number of halogens is 1. The van der Waals surface area contributed by atoms with Crippen LogP contribution in [0.3, 0.4) is 0 Å². The van der Waals surface area contributed by atoms with Crippen LogP contribution in [-0.2, 0) is 22.6 Å². The number of benzene rings is 1. The molecule has 3 heterocycles. The number of amides is 2. The number of aromatic nitrogens is 1. The van der Waals surface area contributed by atoms with Gasteiger partial charge >= 0.3 is 0 Å². The Morgan fingerprint density at radius 3 is 2.71 bits per heavy atom. The van der Waals surface area contributed by atoms with Crippen molar-refractivity contribution in [2.45, 2.75) is 46.6 Å². The first kappa shape index (κ1) is 19.3. The molecule has 1 aromatic carbocycles. The monoisotopic (exact) mass is 401 g/mol. The quantitative estimate of drug-likeness (QED) is 0.785. The Labute approximate surface area is 171 Å². The van der Waals surface area contributed by atoms with E-state index in [1.807, 2.05) is 48.8 Å². The highest BCUT2D eigenvalue weighted by molar-refractivity contribution is 6.31. The fourth-order valence-corrected chi connectivity index (χ4v) is 4.64. The Hall–Kier alpha value is -2.01. The molecule has 1 saturated heterocycles. The molecule has 28 heavy (non-hydrogen) atoms. The van der Waals surface area contributed by atoms with E-state index in [-0.39, 0.29) is 17.7 Å². The predicted octanol–water partition coefficient (Wildman–Crippen LogP) is 3.99. The summed E-state index contributed by atoms with van der Waals surface area (Å²) in [6.07, 6.45) is 2.57. The molecule has 2 amide bonds. The molecule has 6 heteroatoms. The van der Waals surface area contributed by atoms with Gasteiger partial charge in [0.15, 0.2) is 0 Å². The number of fused-ring (bicyclic) bond motifs is 3. The Morgan fingerprint density at radius 2 is 1.96 bits per heavy atom. The molecule has 0 aliphatic carbocycles. The second-order valence-electron chi connectivity index (χ2n) is 9.12. The van der Waals surface area contributed by atoms with Crippen molar-refractivity contribution in [3.63, 3.8) is 0 Å². The first-order valence-corrected chi connectivity index (χ1v) is 10.5. The van der Waals surface area contributed by atoms with Crippen molar-refractivity contribution in [1.82, 2.24) is 14.8 Å². The molecular formula is C22H28ClN3O2. The number of hydrogen-bond acceptors (Lipinski definition) is 2. The smallest absolute Gasteiger partial charge is 0.227 e. The summed E-state index contributed by atoms with van der Waals surface area (Å²) in [6.45, 7) is 8.44. The second kappa shape index (κ2) is 7.11. The van der Waals surface area contributed by atoms with Crippen molar-refractivity contribution >= 4 is 34.3 Å². The summed E-state index contributed by atoms with van der Waals surface area (Å²) in [5.74, 6) is 0.209. The maximum absolute atomic E-state index is 13.3. The SMILES string of the molecule is CC(C)(C)C(=O)N1CCCC(C(=O)N2CCc3[nH]c4ccc(Cl)cc4c3C2)C1. The maximum atomic E-state index is 13.3. The molecule has 150 valence electrons. The summed E-state index contributed by atoms with van der Waals surface area (Å²) in [5.41, 5.74) is 3.04. The van der Waals surface area contributed by atoms with Crippen LogP contribution in [0.5, 0.6) is 0 Å². The van der Waals surface area contributed by atoms with Crippen LogP contribution in [0.25, 0.3) is 10.9 Å². The molecule has 1 atom stereocenters. The average Bonchev–Trinajstić information content (AvgIpc) is 3.03. The third-order valence-electron chi connectivity index (χ3n) is 5.95.